The van der Waals surface area contributed by atoms with E-state index in [9.17, 15) is 9.59 Å². The lowest BCUT2D eigenvalue weighted by atomic mass is 10.0. The summed E-state index contributed by atoms with van der Waals surface area (Å²) in [5.41, 5.74) is 1.68. The van der Waals surface area contributed by atoms with Gasteiger partial charge in [0.25, 0.3) is 11.8 Å². The fourth-order valence-electron chi connectivity index (χ4n) is 2.70. The Morgan fingerprint density at radius 3 is 1.84 bits per heavy atom. The minimum atomic E-state index is -0.539. The number of hydrogen-bond donors (Lipinski definition) is 0. The third kappa shape index (κ3) is 4.27. The van der Waals surface area contributed by atoms with Gasteiger partial charge in [0.15, 0.2) is 0 Å². The van der Waals surface area contributed by atoms with E-state index >= 15 is 0 Å². The van der Waals surface area contributed by atoms with Gasteiger partial charge in [-0.05, 0) is 58.9 Å². The van der Waals surface area contributed by atoms with Crippen LogP contribution in [0.4, 0.5) is 0 Å². The summed E-state index contributed by atoms with van der Waals surface area (Å²) in [6, 6.07) is 16.5. The van der Waals surface area contributed by atoms with Gasteiger partial charge in [-0.1, -0.05) is 35.9 Å². The molecule has 0 aliphatic carbocycles. The molecule has 0 aromatic heterocycles. The van der Waals surface area contributed by atoms with E-state index < -0.39 is 5.54 Å². The molecule has 0 N–H and O–H groups in total. The number of aryl methyl sites for hydroxylation is 1. The highest BCUT2D eigenvalue weighted by atomic mass is 16.2. The molecule has 0 unspecified atom stereocenters. The summed E-state index contributed by atoms with van der Waals surface area (Å²) in [5.74, 6) is -0.364. The zero-order chi connectivity index (χ0) is 18.6. The molecule has 132 valence electrons. The highest BCUT2D eigenvalue weighted by Crippen LogP contribution is 2.22. The Morgan fingerprint density at radius 2 is 1.36 bits per heavy atom. The van der Waals surface area contributed by atoms with Crippen LogP contribution < -0.4 is 0 Å². The van der Waals surface area contributed by atoms with Crippen molar-refractivity contribution in [1.29, 1.82) is 0 Å². The molecule has 4 heteroatoms. The zero-order valence-electron chi connectivity index (χ0n) is 15.6. The SMILES string of the molecule is CCN(C(=O)c1ccccc1)N(C(=O)c1ccc(C)cc1)C(C)(C)C. The number of hydrazine groups is 1. The summed E-state index contributed by atoms with van der Waals surface area (Å²) in [5, 5.41) is 3.09. The van der Waals surface area contributed by atoms with Gasteiger partial charge in [0.05, 0.1) is 5.54 Å². The molecule has 0 saturated heterocycles. The number of nitrogens with zero attached hydrogens (tertiary/aromatic N) is 2. The highest BCUT2D eigenvalue weighted by molar-refractivity contribution is 5.99. The van der Waals surface area contributed by atoms with Crippen LogP contribution in [0.25, 0.3) is 0 Å². The number of benzene rings is 2. The predicted molar refractivity (Wildman–Crippen MR) is 100 cm³/mol. The maximum atomic E-state index is 13.2. The van der Waals surface area contributed by atoms with Crippen LogP contribution >= 0.6 is 0 Å². The third-order valence-corrected chi connectivity index (χ3v) is 3.92. The maximum absolute atomic E-state index is 13.2. The standard InChI is InChI=1S/C21H26N2O2/c1-6-22(19(24)17-10-8-7-9-11-17)23(21(3,4)5)20(25)18-14-12-16(2)13-15-18/h7-15H,6H2,1-5H3. The van der Waals surface area contributed by atoms with E-state index in [0.29, 0.717) is 17.7 Å². The smallest absolute Gasteiger partial charge is 0.267 e. The van der Waals surface area contributed by atoms with Crippen molar-refractivity contribution in [3.8, 4) is 0 Å². The fourth-order valence-corrected chi connectivity index (χ4v) is 2.70. The topological polar surface area (TPSA) is 40.6 Å². The largest absolute Gasteiger partial charge is 0.272 e. The first-order valence-corrected chi connectivity index (χ1v) is 8.53. The quantitative estimate of drug-likeness (QED) is 0.782. The van der Waals surface area contributed by atoms with Crippen LogP contribution in [0.3, 0.4) is 0 Å². The van der Waals surface area contributed by atoms with Gasteiger partial charge >= 0.3 is 0 Å². The fraction of sp³-hybridized carbons (Fsp3) is 0.333. The van der Waals surface area contributed by atoms with Gasteiger partial charge < -0.3 is 0 Å². The lowest BCUT2D eigenvalue weighted by molar-refractivity contribution is -0.0410. The lowest BCUT2D eigenvalue weighted by Crippen LogP contribution is -2.58. The van der Waals surface area contributed by atoms with Crippen LogP contribution in [0.5, 0.6) is 0 Å². The van der Waals surface area contributed by atoms with Crippen molar-refractivity contribution in [3.63, 3.8) is 0 Å². The molecule has 4 nitrogen and oxygen atoms in total. The average molecular weight is 338 g/mol. The molecule has 0 heterocycles. The van der Waals surface area contributed by atoms with Crippen molar-refractivity contribution < 1.29 is 9.59 Å². The van der Waals surface area contributed by atoms with E-state index in [2.05, 4.69) is 0 Å². The molecule has 2 rings (SSSR count). The minimum absolute atomic E-state index is 0.182. The van der Waals surface area contributed by atoms with Gasteiger partial charge in [-0.25, -0.2) is 10.0 Å². The molecule has 2 aromatic carbocycles. The molecule has 0 spiro atoms. The Balaban J connectivity index is 2.43. The number of hydrogen-bond acceptors (Lipinski definition) is 2. The second-order valence-corrected chi connectivity index (χ2v) is 7.04. The Hall–Kier alpha value is -2.62. The first kappa shape index (κ1) is 18.7. The second-order valence-electron chi connectivity index (χ2n) is 7.04. The first-order valence-electron chi connectivity index (χ1n) is 8.53. The molecule has 2 aromatic rings. The summed E-state index contributed by atoms with van der Waals surface area (Å²) in [6.07, 6.45) is 0. The molecule has 0 saturated carbocycles. The van der Waals surface area contributed by atoms with Crippen molar-refractivity contribution in [2.75, 3.05) is 6.54 Å². The molecular formula is C21H26N2O2. The average Bonchev–Trinajstić information content (AvgIpc) is 2.58. The number of carbonyl (C=O) groups excluding carboxylic acids is 2. The lowest BCUT2D eigenvalue weighted by Gasteiger charge is -2.43. The van der Waals surface area contributed by atoms with E-state index in [4.69, 9.17) is 0 Å². The van der Waals surface area contributed by atoms with Gasteiger partial charge in [0.2, 0.25) is 0 Å². The monoisotopic (exact) mass is 338 g/mol. The molecule has 2 amide bonds. The van der Waals surface area contributed by atoms with Gasteiger partial charge in [0.1, 0.15) is 0 Å². The normalized spacial score (nSPS) is 11.1. The van der Waals surface area contributed by atoms with Gasteiger partial charge in [0, 0.05) is 17.7 Å². The van der Waals surface area contributed by atoms with E-state index in [0.717, 1.165) is 5.56 Å². The molecular weight excluding hydrogens is 312 g/mol. The molecule has 0 fully saturated rings. The van der Waals surface area contributed by atoms with E-state index in [1.807, 2.05) is 65.0 Å². The number of carbonyl (C=O) groups is 2. The number of rotatable bonds is 3. The zero-order valence-corrected chi connectivity index (χ0v) is 15.6. The van der Waals surface area contributed by atoms with Crippen LogP contribution in [0.1, 0.15) is 54.0 Å². The summed E-state index contributed by atoms with van der Waals surface area (Å²) in [6.45, 7) is 10.1. The predicted octanol–water partition coefficient (Wildman–Crippen LogP) is 4.31. The summed E-state index contributed by atoms with van der Waals surface area (Å²) in [4.78, 5) is 26.2. The summed E-state index contributed by atoms with van der Waals surface area (Å²) in [7, 11) is 0. The third-order valence-electron chi connectivity index (χ3n) is 3.92. The maximum Gasteiger partial charge on any atom is 0.272 e. The molecule has 0 aliphatic rings. The van der Waals surface area contributed by atoms with Crippen molar-refractivity contribution in [3.05, 3.63) is 71.3 Å². The van der Waals surface area contributed by atoms with Crippen molar-refractivity contribution in [1.82, 2.24) is 10.0 Å². The van der Waals surface area contributed by atoms with Crippen LogP contribution in [0, 0.1) is 6.92 Å². The molecule has 0 radical (unpaired) electrons. The minimum Gasteiger partial charge on any atom is -0.267 e. The van der Waals surface area contributed by atoms with E-state index in [1.54, 1.807) is 29.3 Å². The Kier molecular flexibility index (Phi) is 5.62. The van der Waals surface area contributed by atoms with Crippen LogP contribution in [0.2, 0.25) is 0 Å². The van der Waals surface area contributed by atoms with Gasteiger partial charge in [-0.15, -0.1) is 0 Å². The van der Waals surface area contributed by atoms with Crippen LogP contribution in [-0.4, -0.2) is 33.9 Å². The van der Waals surface area contributed by atoms with E-state index in [1.165, 1.54) is 5.01 Å². The van der Waals surface area contributed by atoms with E-state index in [-0.39, 0.29) is 11.8 Å². The van der Waals surface area contributed by atoms with Crippen molar-refractivity contribution >= 4 is 11.8 Å². The van der Waals surface area contributed by atoms with Crippen LogP contribution in [-0.2, 0) is 0 Å². The second kappa shape index (κ2) is 7.51. The molecule has 0 bridgehead atoms. The Labute approximate surface area is 150 Å². The highest BCUT2D eigenvalue weighted by Gasteiger charge is 2.35. The molecule has 0 atom stereocenters. The number of amides is 2. The Morgan fingerprint density at radius 1 is 0.840 bits per heavy atom. The van der Waals surface area contributed by atoms with Crippen molar-refractivity contribution in [2.24, 2.45) is 0 Å². The molecule has 0 aliphatic heterocycles. The summed E-state index contributed by atoms with van der Waals surface area (Å²) >= 11 is 0. The van der Waals surface area contributed by atoms with Gasteiger partial charge in [-0.3, -0.25) is 9.59 Å². The Bertz CT molecular complexity index is 731. The van der Waals surface area contributed by atoms with Crippen molar-refractivity contribution in [2.45, 2.75) is 40.2 Å². The van der Waals surface area contributed by atoms with Crippen LogP contribution in [0.15, 0.2) is 54.6 Å². The van der Waals surface area contributed by atoms with Gasteiger partial charge in [-0.2, -0.15) is 0 Å². The summed E-state index contributed by atoms with van der Waals surface area (Å²) < 4.78 is 0. The first-order chi connectivity index (χ1) is 11.8. The molecule has 25 heavy (non-hydrogen) atoms.